The highest BCUT2D eigenvalue weighted by molar-refractivity contribution is 7.89. The maximum absolute atomic E-state index is 11.6. The lowest BCUT2D eigenvalue weighted by Gasteiger charge is -2.34. The fraction of sp³-hybridized carbons (Fsp3) is 1.00. The summed E-state index contributed by atoms with van der Waals surface area (Å²) in [4.78, 5) is 0. The van der Waals surface area contributed by atoms with Gasteiger partial charge in [0.1, 0.15) is 0 Å². The highest BCUT2D eigenvalue weighted by Gasteiger charge is 2.28. The highest BCUT2D eigenvalue weighted by Crippen LogP contribution is 2.24. The molecule has 0 aromatic rings. The van der Waals surface area contributed by atoms with Crippen molar-refractivity contribution < 1.29 is 13.2 Å². The van der Waals surface area contributed by atoms with Crippen molar-refractivity contribution in [2.45, 2.75) is 19.8 Å². The van der Waals surface area contributed by atoms with Gasteiger partial charge in [0.2, 0.25) is 10.0 Å². The lowest BCUT2D eigenvalue weighted by atomic mass is 9.83. The van der Waals surface area contributed by atoms with Gasteiger partial charge in [0, 0.05) is 20.2 Å². The average Bonchev–Trinajstić information content (AvgIpc) is 2.25. The van der Waals surface area contributed by atoms with Gasteiger partial charge in [-0.25, -0.2) is 13.1 Å². The molecular weight excluding hydrogens is 228 g/mol. The van der Waals surface area contributed by atoms with Crippen molar-refractivity contribution in [1.29, 1.82) is 0 Å². The predicted octanol–water partition coefficient (Wildman–Crippen LogP) is -0.0581. The summed E-state index contributed by atoms with van der Waals surface area (Å²) in [6.07, 6.45) is 2.17. The van der Waals surface area contributed by atoms with Crippen LogP contribution in [0.15, 0.2) is 0 Å². The smallest absolute Gasteiger partial charge is 0.213 e. The van der Waals surface area contributed by atoms with Crippen molar-refractivity contribution in [2.75, 3.05) is 39.1 Å². The molecule has 1 atom stereocenters. The average molecular weight is 250 g/mol. The van der Waals surface area contributed by atoms with Crippen molar-refractivity contribution in [3.05, 3.63) is 0 Å². The van der Waals surface area contributed by atoms with Crippen LogP contribution in [0.4, 0.5) is 0 Å². The Bertz CT molecular complexity index is 297. The van der Waals surface area contributed by atoms with Gasteiger partial charge in [0.05, 0.1) is 12.4 Å². The van der Waals surface area contributed by atoms with Crippen LogP contribution >= 0.6 is 0 Å². The Hall–Kier alpha value is -0.170. The molecule has 1 aliphatic rings. The summed E-state index contributed by atoms with van der Waals surface area (Å²) in [6.45, 7) is 4.76. The van der Waals surface area contributed by atoms with Crippen LogP contribution in [0.1, 0.15) is 19.8 Å². The summed E-state index contributed by atoms with van der Waals surface area (Å²) in [5, 5.41) is 3.30. The van der Waals surface area contributed by atoms with E-state index in [2.05, 4.69) is 17.0 Å². The lowest BCUT2D eigenvalue weighted by molar-refractivity contribution is 0.215. The van der Waals surface area contributed by atoms with Crippen molar-refractivity contribution in [1.82, 2.24) is 10.0 Å². The van der Waals surface area contributed by atoms with Gasteiger partial charge in [0.25, 0.3) is 0 Å². The molecule has 2 N–H and O–H groups in total. The molecule has 0 saturated carbocycles. The van der Waals surface area contributed by atoms with Crippen LogP contribution in [-0.4, -0.2) is 47.5 Å². The summed E-state index contributed by atoms with van der Waals surface area (Å²) >= 11 is 0. The Labute approximate surface area is 98.0 Å². The molecule has 0 aliphatic carbocycles. The molecule has 16 heavy (non-hydrogen) atoms. The summed E-state index contributed by atoms with van der Waals surface area (Å²) in [5.41, 5.74) is 0.0401. The summed E-state index contributed by atoms with van der Waals surface area (Å²) in [6, 6.07) is 0. The Kier molecular flexibility index (Phi) is 5.17. The third-order valence-electron chi connectivity index (χ3n) is 2.96. The van der Waals surface area contributed by atoms with Gasteiger partial charge in [-0.1, -0.05) is 6.92 Å². The molecule has 1 rings (SSSR count). The molecule has 6 heteroatoms. The first-order valence-electron chi connectivity index (χ1n) is 5.64. The SMILES string of the molecule is COCCS(=O)(=O)NCC1(C)CCCNC1. The normalized spacial score (nSPS) is 26.9. The number of nitrogens with one attached hydrogen (secondary N) is 2. The van der Waals surface area contributed by atoms with Gasteiger partial charge in [0.15, 0.2) is 0 Å². The van der Waals surface area contributed by atoms with Crippen LogP contribution in [-0.2, 0) is 14.8 Å². The van der Waals surface area contributed by atoms with Gasteiger partial charge < -0.3 is 10.1 Å². The molecule has 0 spiro atoms. The van der Waals surface area contributed by atoms with E-state index in [1.807, 2.05) is 0 Å². The van der Waals surface area contributed by atoms with E-state index >= 15 is 0 Å². The molecular formula is C10H22N2O3S. The van der Waals surface area contributed by atoms with Crippen molar-refractivity contribution in [3.63, 3.8) is 0 Å². The monoisotopic (exact) mass is 250 g/mol. The van der Waals surface area contributed by atoms with E-state index in [-0.39, 0.29) is 17.8 Å². The fourth-order valence-corrected chi connectivity index (χ4v) is 2.92. The molecule has 0 aromatic heterocycles. The topological polar surface area (TPSA) is 67.4 Å². The minimum atomic E-state index is -3.18. The zero-order valence-corrected chi connectivity index (χ0v) is 10.9. The standard InChI is InChI=1S/C10H22N2O3S/c1-10(4-3-5-11-8-10)9-12-16(13,14)7-6-15-2/h11-12H,3-9H2,1-2H3. The van der Waals surface area contributed by atoms with Crippen LogP contribution in [0.25, 0.3) is 0 Å². The van der Waals surface area contributed by atoms with E-state index in [9.17, 15) is 8.42 Å². The molecule has 0 bridgehead atoms. The van der Waals surface area contributed by atoms with Gasteiger partial charge >= 0.3 is 0 Å². The van der Waals surface area contributed by atoms with E-state index < -0.39 is 10.0 Å². The first-order valence-corrected chi connectivity index (χ1v) is 7.30. The Balaban J connectivity index is 2.37. The molecule has 1 heterocycles. The van der Waals surface area contributed by atoms with E-state index in [0.29, 0.717) is 6.54 Å². The highest BCUT2D eigenvalue weighted by atomic mass is 32.2. The van der Waals surface area contributed by atoms with Crippen molar-refractivity contribution >= 4 is 10.0 Å². The van der Waals surface area contributed by atoms with Crippen LogP contribution in [0, 0.1) is 5.41 Å². The lowest BCUT2D eigenvalue weighted by Crippen LogP contribution is -2.46. The quantitative estimate of drug-likeness (QED) is 0.693. The number of ether oxygens (including phenoxy) is 1. The Morgan fingerprint density at radius 1 is 1.50 bits per heavy atom. The second-order valence-corrected chi connectivity index (χ2v) is 6.65. The number of sulfonamides is 1. The fourth-order valence-electron chi connectivity index (χ4n) is 1.82. The maximum Gasteiger partial charge on any atom is 0.213 e. The molecule has 0 amide bonds. The van der Waals surface area contributed by atoms with Gasteiger partial charge in [-0.2, -0.15) is 0 Å². The third kappa shape index (κ3) is 4.78. The van der Waals surface area contributed by atoms with Crippen LogP contribution < -0.4 is 10.0 Å². The maximum atomic E-state index is 11.6. The van der Waals surface area contributed by atoms with Gasteiger partial charge in [-0.3, -0.25) is 0 Å². The minimum absolute atomic E-state index is 0.0347. The first kappa shape index (κ1) is 13.9. The first-order chi connectivity index (χ1) is 7.47. The number of methoxy groups -OCH3 is 1. The number of piperidine rings is 1. The van der Waals surface area contributed by atoms with E-state index in [0.717, 1.165) is 25.9 Å². The molecule has 0 aromatic carbocycles. The van der Waals surface area contributed by atoms with Gasteiger partial charge in [-0.15, -0.1) is 0 Å². The predicted molar refractivity (Wildman–Crippen MR) is 63.9 cm³/mol. The largest absolute Gasteiger partial charge is 0.384 e. The molecule has 1 saturated heterocycles. The molecule has 96 valence electrons. The Morgan fingerprint density at radius 3 is 2.81 bits per heavy atom. The third-order valence-corrected chi connectivity index (χ3v) is 4.25. The van der Waals surface area contributed by atoms with Crippen LogP contribution in [0.2, 0.25) is 0 Å². The van der Waals surface area contributed by atoms with Crippen molar-refractivity contribution in [2.24, 2.45) is 5.41 Å². The summed E-state index contributed by atoms with van der Waals surface area (Å²) in [5.74, 6) is 0.0347. The van der Waals surface area contributed by atoms with Crippen LogP contribution in [0.3, 0.4) is 0 Å². The molecule has 0 radical (unpaired) electrons. The Morgan fingerprint density at radius 2 is 2.25 bits per heavy atom. The van der Waals surface area contributed by atoms with E-state index in [1.165, 1.54) is 7.11 Å². The van der Waals surface area contributed by atoms with Crippen molar-refractivity contribution in [3.8, 4) is 0 Å². The zero-order valence-electron chi connectivity index (χ0n) is 10.1. The molecule has 5 nitrogen and oxygen atoms in total. The second-order valence-electron chi connectivity index (χ2n) is 4.72. The second kappa shape index (κ2) is 5.95. The zero-order chi connectivity index (χ0) is 12.1. The van der Waals surface area contributed by atoms with E-state index in [4.69, 9.17) is 4.74 Å². The summed E-state index contributed by atoms with van der Waals surface area (Å²) < 4.78 is 30.5. The minimum Gasteiger partial charge on any atom is -0.384 e. The number of hydrogen-bond donors (Lipinski definition) is 2. The molecule has 1 unspecified atom stereocenters. The molecule has 1 aliphatic heterocycles. The summed E-state index contributed by atoms with van der Waals surface area (Å²) in [7, 11) is -1.68. The number of rotatable bonds is 6. The van der Waals surface area contributed by atoms with Crippen LogP contribution in [0.5, 0.6) is 0 Å². The van der Waals surface area contributed by atoms with Gasteiger partial charge in [-0.05, 0) is 24.8 Å². The van der Waals surface area contributed by atoms with E-state index in [1.54, 1.807) is 0 Å². The number of hydrogen-bond acceptors (Lipinski definition) is 4. The molecule has 1 fully saturated rings.